The minimum Gasteiger partial charge on any atom is -0.405 e. The van der Waals surface area contributed by atoms with E-state index in [1.807, 2.05) is 0 Å². The van der Waals surface area contributed by atoms with Crippen molar-refractivity contribution in [2.75, 3.05) is 0 Å². The first-order valence-electron chi connectivity index (χ1n) is 4.37. The van der Waals surface area contributed by atoms with Crippen LogP contribution < -0.4 is 4.74 Å². The molecule has 18 heavy (non-hydrogen) atoms. The number of pyridine rings is 1. The molecule has 1 aromatic heterocycles. The van der Waals surface area contributed by atoms with E-state index in [1.165, 1.54) is 0 Å². The zero-order valence-electron chi connectivity index (χ0n) is 8.47. The van der Waals surface area contributed by atoms with Crippen molar-refractivity contribution in [3.05, 3.63) is 23.0 Å². The van der Waals surface area contributed by atoms with E-state index < -0.39 is 35.4 Å². The lowest BCUT2D eigenvalue weighted by atomic mass is 10.1. The summed E-state index contributed by atoms with van der Waals surface area (Å²) >= 11 is 2.76. The van der Waals surface area contributed by atoms with Crippen LogP contribution in [0.15, 0.2) is 6.20 Å². The maximum atomic E-state index is 12.6. The summed E-state index contributed by atoms with van der Waals surface area (Å²) in [7, 11) is 0. The highest BCUT2D eigenvalue weighted by Crippen LogP contribution is 2.35. The zero-order valence-corrected chi connectivity index (χ0v) is 10.1. The van der Waals surface area contributed by atoms with E-state index in [4.69, 9.17) is 0 Å². The maximum absolute atomic E-state index is 12.6. The summed E-state index contributed by atoms with van der Waals surface area (Å²) in [6.45, 7) is 0. The molecule has 1 rings (SSSR count). The van der Waals surface area contributed by atoms with Gasteiger partial charge in [0.1, 0.15) is 11.4 Å². The molecule has 0 atom stereocenters. The van der Waals surface area contributed by atoms with Crippen molar-refractivity contribution in [1.29, 1.82) is 0 Å². The minimum absolute atomic E-state index is 0.0511. The molecule has 0 aliphatic carbocycles. The van der Waals surface area contributed by atoms with Gasteiger partial charge >= 0.3 is 6.36 Å². The van der Waals surface area contributed by atoms with Gasteiger partial charge in [0.25, 0.3) is 6.43 Å². The molecule has 0 spiro atoms. The van der Waals surface area contributed by atoms with Gasteiger partial charge in [-0.15, -0.1) is 13.2 Å². The molecule has 0 radical (unpaired) electrons. The third kappa shape index (κ3) is 3.37. The molecule has 0 aliphatic heterocycles. The summed E-state index contributed by atoms with van der Waals surface area (Å²) in [6, 6.07) is 0. The fourth-order valence-electron chi connectivity index (χ4n) is 1.20. The standard InChI is InChI=1S/C9H5BrF5NO2/c10-1-5-6(8(11)12)16-2-4(3-17)7(5)18-9(13,14)15/h2-3,8H,1H2. The number of aldehydes is 1. The van der Waals surface area contributed by atoms with Crippen molar-refractivity contribution in [2.45, 2.75) is 18.1 Å². The van der Waals surface area contributed by atoms with Crippen LogP contribution in [0, 0.1) is 0 Å². The normalized spacial score (nSPS) is 11.7. The van der Waals surface area contributed by atoms with E-state index in [0.717, 1.165) is 0 Å². The second-order valence-corrected chi connectivity index (χ2v) is 3.57. The van der Waals surface area contributed by atoms with Gasteiger partial charge < -0.3 is 4.74 Å². The van der Waals surface area contributed by atoms with Crippen molar-refractivity contribution in [2.24, 2.45) is 0 Å². The fraction of sp³-hybridized carbons (Fsp3) is 0.333. The number of rotatable bonds is 4. The lowest BCUT2D eigenvalue weighted by Crippen LogP contribution is -2.20. The van der Waals surface area contributed by atoms with Crippen molar-refractivity contribution in [3.8, 4) is 5.75 Å². The van der Waals surface area contributed by atoms with Crippen molar-refractivity contribution >= 4 is 22.2 Å². The van der Waals surface area contributed by atoms with E-state index in [1.54, 1.807) is 0 Å². The van der Waals surface area contributed by atoms with E-state index in [2.05, 4.69) is 25.7 Å². The summed E-state index contributed by atoms with van der Waals surface area (Å²) < 4.78 is 65.1. The average molecular weight is 334 g/mol. The topological polar surface area (TPSA) is 39.2 Å². The Labute approximate surface area is 106 Å². The van der Waals surface area contributed by atoms with Gasteiger partial charge in [-0.25, -0.2) is 8.78 Å². The van der Waals surface area contributed by atoms with E-state index >= 15 is 0 Å². The Bertz CT molecular complexity index is 449. The van der Waals surface area contributed by atoms with E-state index in [0.29, 0.717) is 6.20 Å². The van der Waals surface area contributed by atoms with Crippen LogP contribution in [-0.4, -0.2) is 17.6 Å². The first-order chi connectivity index (χ1) is 8.30. The minimum atomic E-state index is -5.09. The molecule has 9 heteroatoms. The van der Waals surface area contributed by atoms with Gasteiger partial charge in [0.2, 0.25) is 0 Å². The molecule has 0 saturated carbocycles. The summed E-state index contributed by atoms with van der Waals surface area (Å²) in [5.74, 6) is -0.959. The summed E-state index contributed by atoms with van der Waals surface area (Å²) in [6.07, 6.45) is -7.50. The van der Waals surface area contributed by atoms with Crippen LogP contribution in [0.4, 0.5) is 22.0 Å². The number of carbonyl (C=O) groups excluding carboxylic acids is 1. The Morgan fingerprint density at radius 2 is 2.06 bits per heavy atom. The lowest BCUT2D eigenvalue weighted by molar-refractivity contribution is -0.275. The number of nitrogens with zero attached hydrogens (tertiary/aromatic N) is 1. The Morgan fingerprint density at radius 3 is 2.44 bits per heavy atom. The van der Waals surface area contributed by atoms with Crippen molar-refractivity contribution < 1.29 is 31.5 Å². The quantitative estimate of drug-likeness (QED) is 0.480. The van der Waals surface area contributed by atoms with Crippen LogP contribution >= 0.6 is 15.9 Å². The largest absolute Gasteiger partial charge is 0.573 e. The lowest BCUT2D eigenvalue weighted by Gasteiger charge is -2.16. The number of alkyl halides is 6. The van der Waals surface area contributed by atoms with Crippen LogP contribution in [0.3, 0.4) is 0 Å². The first-order valence-corrected chi connectivity index (χ1v) is 5.49. The van der Waals surface area contributed by atoms with E-state index in [-0.39, 0.29) is 11.6 Å². The van der Waals surface area contributed by atoms with Gasteiger partial charge in [-0.05, 0) is 0 Å². The van der Waals surface area contributed by atoms with Crippen LogP contribution in [-0.2, 0) is 5.33 Å². The number of ether oxygens (including phenoxy) is 1. The molecule has 0 fully saturated rings. The molecule has 0 saturated heterocycles. The van der Waals surface area contributed by atoms with Gasteiger partial charge in [0.15, 0.2) is 6.29 Å². The fourth-order valence-corrected chi connectivity index (χ4v) is 1.75. The third-order valence-electron chi connectivity index (χ3n) is 1.87. The van der Waals surface area contributed by atoms with Crippen LogP contribution in [0.2, 0.25) is 0 Å². The van der Waals surface area contributed by atoms with Crippen LogP contribution in [0.5, 0.6) is 5.75 Å². The van der Waals surface area contributed by atoms with Crippen LogP contribution in [0.25, 0.3) is 0 Å². The highest BCUT2D eigenvalue weighted by atomic mass is 79.9. The van der Waals surface area contributed by atoms with Gasteiger partial charge in [0.05, 0.1) is 5.56 Å². The Kier molecular flexibility index (Phi) is 4.60. The molecular weight excluding hydrogens is 329 g/mol. The first kappa shape index (κ1) is 14.8. The molecule has 3 nitrogen and oxygen atoms in total. The molecule has 0 N–H and O–H groups in total. The Morgan fingerprint density at radius 1 is 1.44 bits per heavy atom. The molecule has 1 aromatic rings. The number of hydrogen-bond donors (Lipinski definition) is 0. The van der Waals surface area contributed by atoms with Crippen molar-refractivity contribution in [3.63, 3.8) is 0 Å². The van der Waals surface area contributed by atoms with Crippen LogP contribution in [0.1, 0.15) is 28.0 Å². The summed E-state index contributed by atoms with van der Waals surface area (Å²) in [4.78, 5) is 13.8. The summed E-state index contributed by atoms with van der Waals surface area (Å²) in [5, 5.41) is -0.354. The Balaban J connectivity index is 3.41. The molecular formula is C9H5BrF5NO2. The predicted octanol–water partition coefficient (Wildman–Crippen LogP) is 3.63. The van der Waals surface area contributed by atoms with Gasteiger partial charge in [-0.3, -0.25) is 9.78 Å². The molecule has 0 bridgehead atoms. The molecule has 0 aliphatic rings. The molecule has 0 amide bonds. The molecule has 1 heterocycles. The SMILES string of the molecule is O=Cc1cnc(C(F)F)c(CBr)c1OC(F)(F)F. The predicted molar refractivity (Wildman–Crippen MR) is 53.9 cm³/mol. The zero-order chi connectivity index (χ0) is 13.9. The third-order valence-corrected chi connectivity index (χ3v) is 2.43. The summed E-state index contributed by atoms with van der Waals surface area (Å²) in [5.41, 5.74) is -1.92. The highest BCUT2D eigenvalue weighted by molar-refractivity contribution is 9.08. The molecule has 100 valence electrons. The highest BCUT2D eigenvalue weighted by Gasteiger charge is 2.34. The second kappa shape index (κ2) is 5.59. The van der Waals surface area contributed by atoms with Gasteiger partial charge in [0, 0.05) is 17.1 Å². The number of aromatic nitrogens is 1. The number of hydrogen-bond acceptors (Lipinski definition) is 3. The second-order valence-electron chi connectivity index (χ2n) is 3.01. The smallest absolute Gasteiger partial charge is 0.405 e. The van der Waals surface area contributed by atoms with Gasteiger partial charge in [-0.2, -0.15) is 0 Å². The average Bonchev–Trinajstić information content (AvgIpc) is 2.26. The monoisotopic (exact) mass is 333 g/mol. The Hall–Kier alpha value is -1.25. The molecule has 0 unspecified atom stereocenters. The van der Waals surface area contributed by atoms with Crippen molar-refractivity contribution in [1.82, 2.24) is 4.98 Å². The molecule has 0 aromatic carbocycles. The van der Waals surface area contributed by atoms with E-state index in [9.17, 15) is 26.7 Å². The van der Waals surface area contributed by atoms with Gasteiger partial charge in [-0.1, -0.05) is 15.9 Å². The number of halogens is 6. The maximum Gasteiger partial charge on any atom is 0.573 e. The number of carbonyl (C=O) groups is 1.